The Morgan fingerprint density at radius 1 is 1.30 bits per heavy atom. The van der Waals surface area contributed by atoms with Crippen LogP contribution in [0.1, 0.15) is 63.5 Å². The third-order valence-electron chi connectivity index (χ3n) is 7.44. The van der Waals surface area contributed by atoms with Gasteiger partial charge in [-0.15, -0.1) is 21.5 Å². The van der Waals surface area contributed by atoms with Gasteiger partial charge in [-0.05, 0) is 62.1 Å². The van der Waals surface area contributed by atoms with E-state index in [1.165, 1.54) is 16.6 Å². The van der Waals surface area contributed by atoms with Gasteiger partial charge in [-0.25, -0.2) is 0 Å². The van der Waals surface area contributed by atoms with Gasteiger partial charge in [-0.3, -0.25) is 4.79 Å². The van der Waals surface area contributed by atoms with Gasteiger partial charge in [0.15, 0.2) is 11.0 Å². The lowest BCUT2D eigenvalue weighted by atomic mass is 9.69. The Hall–Kier alpha value is -2.83. The van der Waals surface area contributed by atoms with Crippen LogP contribution in [0.2, 0.25) is 0 Å². The highest BCUT2D eigenvalue weighted by atomic mass is 32.2. The van der Waals surface area contributed by atoms with Crippen LogP contribution in [-0.2, 0) is 24.2 Å². The van der Waals surface area contributed by atoms with E-state index >= 15 is 0 Å². The number of hydrogen-bond donors (Lipinski definition) is 1. The fraction of sp³-hybridized carbons (Fsp3) is 0.500. The highest BCUT2D eigenvalue weighted by molar-refractivity contribution is 7.99. The SMILES string of the molecule is CCOc1ccccc1-c1nnc(SCC(=O)Nc2sc3c(c2C#N)CC[C@H](C(C)(C)CC)C3)n1CC. The van der Waals surface area contributed by atoms with Crippen LogP contribution in [-0.4, -0.2) is 33.0 Å². The molecule has 2 heterocycles. The van der Waals surface area contributed by atoms with Crippen LogP contribution in [0.4, 0.5) is 5.00 Å². The minimum absolute atomic E-state index is 0.146. The Kier molecular flexibility index (Phi) is 8.60. The van der Waals surface area contributed by atoms with E-state index in [0.717, 1.165) is 48.4 Å². The van der Waals surface area contributed by atoms with E-state index in [1.807, 2.05) is 42.7 Å². The molecule has 1 aliphatic rings. The predicted octanol–water partition coefficient (Wildman–Crippen LogP) is 6.57. The summed E-state index contributed by atoms with van der Waals surface area (Å²) in [5.74, 6) is 2.11. The highest BCUT2D eigenvalue weighted by Gasteiger charge is 2.34. The quantitative estimate of drug-likeness (QED) is 0.294. The Balaban J connectivity index is 1.46. The molecule has 4 rings (SSSR count). The molecule has 196 valence electrons. The van der Waals surface area contributed by atoms with Crippen LogP contribution < -0.4 is 10.1 Å². The van der Waals surface area contributed by atoms with E-state index in [-0.39, 0.29) is 17.1 Å². The number of aromatic nitrogens is 3. The van der Waals surface area contributed by atoms with E-state index in [0.29, 0.717) is 34.8 Å². The topological polar surface area (TPSA) is 92.8 Å². The van der Waals surface area contributed by atoms with Crippen molar-refractivity contribution < 1.29 is 9.53 Å². The first kappa shape index (κ1) is 27.2. The molecule has 7 nitrogen and oxygen atoms in total. The molecule has 2 aromatic heterocycles. The average molecular weight is 538 g/mol. The zero-order valence-corrected chi connectivity index (χ0v) is 23.9. The van der Waals surface area contributed by atoms with E-state index < -0.39 is 0 Å². The second-order valence-corrected chi connectivity index (χ2v) is 12.0. The Morgan fingerprint density at radius 3 is 2.78 bits per heavy atom. The number of nitrogens with zero attached hydrogens (tertiary/aromatic N) is 4. The molecule has 0 fully saturated rings. The number of anilines is 1. The van der Waals surface area contributed by atoms with Crippen LogP contribution in [0.5, 0.6) is 5.75 Å². The van der Waals surface area contributed by atoms with Crippen LogP contribution in [0, 0.1) is 22.7 Å². The van der Waals surface area contributed by atoms with Gasteiger partial charge in [-0.2, -0.15) is 5.26 Å². The number of rotatable bonds is 10. The minimum atomic E-state index is -0.146. The number of hydrogen-bond acceptors (Lipinski definition) is 7. The van der Waals surface area contributed by atoms with Gasteiger partial charge in [0.05, 0.1) is 23.5 Å². The van der Waals surface area contributed by atoms with Gasteiger partial charge >= 0.3 is 0 Å². The normalized spacial score (nSPS) is 15.2. The van der Waals surface area contributed by atoms with Gasteiger partial charge in [-0.1, -0.05) is 51.1 Å². The maximum Gasteiger partial charge on any atom is 0.235 e. The molecule has 0 saturated carbocycles. The number of fused-ring (bicyclic) bond motifs is 1. The smallest absolute Gasteiger partial charge is 0.235 e. The predicted molar refractivity (Wildman–Crippen MR) is 150 cm³/mol. The van der Waals surface area contributed by atoms with E-state index in [2.05, 4.69) is 42.4 Å². The molecule has 0 unspecified atom stereocenters. The summed E-state index contributed by atoms with van der Waals surface area (Å²) in [6.45, 7) is 12.1. The van der Waals surface area contributed by atoms with Crippen LogP contribution in [0.15, 0.2) is 29.4 Å². The number of amides is 1. The number of thiophene rings is 1. The minimum Gasteiger partial charge on any atom is -0.493 e. The number of nitrogens with one attached hydrogen (secondary N) is 1. The van der Waals surface area contributed by atoms with Crippen LogP contribution >= 0.6 is 23.1 Å². The summed E-state index contributed by atoms with van der Waals surface area (Å²) in [5.41, 5.74) is 2.91. The number of carbonyl (C=O) groups excluding carboxylic acids is 1. The molecule has 3 aromatic rings. The van der Waals surface area contributed by atoms with Gasteiger partial charge in [0.1, 0.15) is 16.8 Å². The first-order valence-electron chi connectivity index (χ1n) is 13.0. The Labute approximate surface area is 227 Å². The lowest BCUT2D eigenvalue weighted by Crippen LogP contribution is -2.28. The summed E-state index contributed by atoms with van der Waals surface area (Å²) >= 11 is 2.92. The van der Waals surface area contributed by atoms with Crippen molar-refractivity contribution in [1.82, 2.24) is 14.8 Å². The summed E-state index contributed by atoms with van der Waals surface area (Å²) in [6, 6.07) is 10.1. The molecule has 1 N–H and O–H groups in total. The first-order chi connectivity index (χ1) is 17.8. The fourth-order valence-electron chi connectivity index (χ4n) is 4.85. The second kappa shape index (κ2) is 11.7. The standard InChI is InChI=1S/C28H35N5O2S2/c1-6-28(4,5)18-13-14-19-21(16-29)26(37-23(19)15-18)30-24(34)17-36-27-32-31-25(33(27)7-2)20-11-9-10-12-22(20)35-8-3/h9-12,18H,6-8,13-15,17H2,1-5H3,(H,30,34)/t18-/m0/s1. The molecular weight excluding hydrogens is 502 g/mol. The lowest BCUT2D eigenvalue weighted by molar-refractivity contribution is -0.113. The molecule has 0 bridgehead atoms. The third-order valence-corrected chi connectivity index (χ3v) is 9.58. The molecule has 0 saturated heterocycles. The van der Waals surface area contributed by atoms with E-state index in [9.17, 15) is 10.1 Å². The summed E-state index contributed by atoms with van der Waals surface area (Å²) < 4.78 is 7.77. The number of carbonyl (C=O) groups is 1. The molecule has 1 amide bonds. The van der Waals surface area contributed by atoms with Crippen molar-refractivity contribution in [3.05, 3.63) is 40.3 Å². The van der Waals surface area contributed by atoms with Gasteiger partial charge in [0.25, 0.3) is 0 Å². The lowest BCUT2D eigenvalue weighted by Gasteiger charge is -2.36. The summed E-state index contributed by atoms with van der Waals surface area (Å²) in [6.07, 6.45) is 4.10. The zero-order chi connectivity index (χ0) is 26.6. The van der Waals surface area contributed by atoms with Gasteiger partial charge < -0.3 is 14.6 Å². The van der Waals surface area contributed by atoms with Crippen LogP contribution in [0.25, 0.3) is 11.4 Å². The molecule has 0 spiro atoms. The Morgan fingerprint density at radius 2 is 2.08 bits per heavy atom. The molecular formula is C28H35N5O2S2. The Bertz CT molecular complexity index is 1300. The molecule has 1 aliphatic carbocycles. The van der Waals surface area contributed by atoms with E-state index in [4.69, 9.17) is 4.74 Å². The molecule has 1 aromatic carbocycles. The molecule has 1 atom stereocenters. The number of ether oxygens (including phenoxy) is 1. The highest BCUT2D eigenvalue weighted by Crippen LogP contribution is 2.45. The molecule has 9 heteroatoms. The van der Waals surface area contributed by atoms with Gasteiger partial charge in [0.2, 0.25) is 5.91 Å². The van der Waals surface area contributed by atoms with Crippen molar-refractivity contribution in [2.75, 3.05) is 17.7 Å². The van der Waals surface area contributed by atoms with Crippen molar-refractivity contribution in [1.29, 1.82) is 5.26 Å². The van der Waals surface area contributed by atoms with Crippen molar-refractivity contribution in [2.45, 2.75) is 72.0 Å². The van der Waals surface area contributed by atoms with Crippen molar-refractivity contribution in [3.63, 3.8) is 0 Å². The zero-order valence-electron chi connectivity index (χ0n) is 22.3. The summed E-state index contributed by atoms with van der Waals surface area (Å²) in [7, 11) is 0. The molecule has 37 heavy (non-hydrogen) atoms. The summed E-state index contributed by atoms with van der Waals surface area (Å²) in [5, 5.41) is 23.0. The number of nitriles is 1. The maximum atomic E-state index is 12.9. The van der Waals surface area contributed by atoms with Crippen molar-refractivity contribution >= 4 is 34.0 Å². The third kappa shape index (κ3) is 5.70. The number of para-hydroxylation sites is 1. The molecule has 0 radical (unpaired) electrons. The maximum absolute atomic E-state index is 12.9. The number of thioether (sulfide) groups is 1. The second-order valence-electron chi connectivity index (χ2n) is 9.92. The van der Waals surface area contributed by atoms with Crippen molar-refractivity contribution in [3.8, 4) is 23.2 Å². The fourth-order valence-corrected chi connectivity index (χ4v) is 6.95. The monoisotopic (exact) mass is 537 g/mol. The first-order valence-corrected chi connectivity index (χ1v) is 14.8. The average Bonchev–Trinajstić information content (AvgIpc) is 3.47. The van der Waals surface area contributed by atoms with Crippen molar-refractivity contribution in [2.24, 2.45) is 11.3 Å². The largest absolute Gasteiger partial charge is 0.493 e. The summed E-state index contributed by atoms with van der Waals surface area (Å²) in [4.78, 5) is 14.2. The molecule has 0 aliphatic heterocycles. The van der Waals surface area contributed by atoms with E-state index in [1.54, 1.807) is 11.3 Å². The van der Waals surface area contributed by atoms with Crippen LogP contribution in [0.3, 0.4) is 0 Å². The van der Waals surface area contributed by atoms with Gasteiger partial charge in [0, 0.05) is 11.4 Å². The number of benzene rings is 1.